The Kier molecular flexibility index (Phi) is 6.21. The van der Waals surface area contributed by atoms with E-state index in [0.29, 0.717) is 11.5 Å². The molecule has 0 aliphatic heterocycles. The van der Waals surface area contributed by atoms with Crippen molar-refractivity contribution in [2.45, 2.75) is 38.6 Å². The molecule has 172 valence electrons. The van der Waals surface area contributed by atoms with Gasteiger partial charge in [-0.05, 0) is 89.9 Å². The van der Waals surface area contributed by atoms with Crippen molar-refractivity contribution < 1.29 is 9.90 Å². The van der Waals surface area contributed by atoms with Crippen LogP contribution in [-0.4, -0.2) is 17.6 Å². The van der Waals surface area contributed by atoms with Gasteiger partial charge >= 0.3 is 5.97 Å². The number of rotatable bonds is 6. The third-order valence-corrected chi connectivity index (χ3v) is 7.41. The Bertz CT molecular complexity index is 1340. The van der Waals surface area contributed by atoms with Gasteiger partial charge in [0.1, 0.15) is 0 Å². The van der Waals surface area contributed by atoms with Crippen molar-refractivity contribution >= 4 is 16.7 Å². The molecule has 5 rings (SSSR count). The average Bonchev–Trinajstić information content (AvgIpc) is 2.86. The molecule has 3 heteroatoms. The van der Waals surface area contributed by atoms with Gasteiger partial charge in [-0.1, -0.05) is 72.8 Å². The van der Waals surface area contributed by atoms with Crippen molar-refractivity contribution in [1.82, 2.24) is 5.32 Å². The zero-order valence-electron chi connectivity index (χ0n) is 19.8. The molecular formula is C31H31NO2. The normalized spacial score (nSPS) is 18.4. The summed E-state index contributed by atoms with van der Waals surface area (Å²) in [5, 5.41) is 16.0. The topological polar surface area (TPSA) is 49.3 Å². The molecule has 4 aromatic rings. The molecule has 0 heterocycles. The number of fused-ring (bicyclic) bond motifs is 2. The Morgan fingerprint density at radius 1 is 0.971 bits per heavy atom. The molecule has 4 aromatic carbocycles. The number of carboxylic acids is 1. The predicted molar refractivity (Wildman–Crippen MR) is 139 cm³/mol. The van der Waals surface area contributed by atoms with Crippen LogP contribution in [0.4, 0.5) is 0 Å². The van der Waals surface area contributed by atoms with E-state index in [1.165, 1.54) is 27.5 Å². The molecule has 0 aromatic heterocycles. The minimum absolute atomic E-state index is 0.212. The summed E-state index contributed by atoms with van der Waals surface area (Å²) in [5.74, 6) is -0.179. The highest BCUT2D eigenvalue weighted by atomic mass is 16.4. The number of nitrogens with one attached hydrogen (secondary N) is 1. The maximum Gasteiger partial charge on any atom is 0.335 e. The minimum Gasteiger partial charge on any atom is -0.478 e. The lowest BCUT2D eigenvalue weighted by Gasteiger charge is -2.34. The first-order chi connectivity index (χ1) is 16.5. The SMILES string of the molecule is Cc1ccc(C(=O)O)cc1C1CC(CNC(C)c2cccc3ccccc23)Cc2ccccc21. The third-order valence-electron chi connectivity index (χ3n) is 7.41. The summed E-state index contributed by atoms with van der Waals surface area (Å²) in [6, 6.07) is 29.6. The van der Waals surface area contributed by atoms with E-state index in [9.17, 15) is 9.90 Å². The molecule has 0 saturated heterocycles. The summed E-state index contributed by atoms with van der Waals surface area (Å²) >= 11 is 0. The molecule has 0 radical (unpaired) electrons. The molecule has 0 fully saturated rings. The molecule has 1 aliphatic rings. The smallest absolute Gasteiger partial charge is 0.335 e. The van der Waals surface area contributed by atoms with Crippen LogP contribution < -0.4 is 5.32 Å². The van der Waals surface area contributed by atoms with Gasteiger partial charge in [0.15, 0.2) is 0 Å². The first kappa shape index (κ1) is 22.4. The highest BCUT2D eigenvalue weighted by Gasteiger charge is 2.29. The quantitative estimate of drug-likeness (QED) is 0.337. The lowest BCUT2D eigenvalue weighted by Crippen LogP contribution is -2.31. The molecular weight excluding hydrogens is 418 g/mol. The highest BCUT2D eigenvalue weighted by molar-refractivity contribution is 5.88. The maximum absolute atomic E-state index is 11.7. The Morgan fingerprint density at radius 2 is 1.74 bits per heavy atom. The minimum atomic E-state index is -0.868. The van der Waals surface area contributed by atoms with Crippen LogP contribution in [-0.2, 0) is 6.42 Å². The zero-order chi connectivity index (χ0) is 23.7. The van der Waals surface area contributed by atoms with Crippen LogP contribution in [0.25, 0.3) is 10.8 Å². The summed E-state index contributed by atoms with van der Waals surface area (Å²) in [7, 11) is 0. The summed E-state index contributed by atoms with van der Waals surface area (Å²) in [6.07, 6.45) is 2.05. The van der Waals surface area contributed by atoms with Gasteiger partial charge in [0.25, 0.3) is 0 Å². The first-order valence-corrected chi connectivity index (χ1v) is 12.1. The van der Waals surface area contributed by atoms with Gasteiger partial charge in [-0.25, -0.2) is 4.79 Å². The van der Waals surface area contributed by atoms with Crippen molar-refractivity contribution in [3.63, 3.8) is 0 Å². The lowest BCUT2D eigenvalue weighted by atomic mass is 9.72. The van der Waals surface area contributed by atoms with Gasteiger partial charge in [-0.15, -0.1) is 0 Å². The Labute approximate surface area is 201 Å². The van der Waals surface area contributed by atoms with Crippen LogP contribution >= 0.6 is 0 Å². The number of carbonyl (C=O) groups is 1. The maximum atomic E-state index is 11.7. The zero-order valence-corrected chi connectivity index (χ0v) is 19.8. The van der Waals surface area contributed by atoms with Gasteiger partial charge in [-0.3, -0.25) is 0 Å². The number of hydrogen-bond acceptors (Lipinski definition) is 2. The molecule has 3 unspecified atom stereocenters. The third kappa shape index (κ3) is 4.36. The number of hydrogen-bond donors (Lipinski definition) is 2. The van der Waals surface area contributed by atoms with Crippen molar-refractivity contribution in [2.75, 3.05) is 6.54 Å². The van der Waals surface area contributed by atoms with Crippen LogP contribution in [0.1, 0.15) is 63.5 Å². The molecule has 3 atom stereocenters. The van der Waals surface area contributed by atoms with Crippen molar-refractivity contribution in [3.05, 3.63) is 118 Å². The number of aryl methyl sites for hydroxylation is 1. The van der Waals surface area contributed by atoms with E-state index in [0.717, 1.165) is 30.5 Å². The Morgan fingerprint density at radius 3 is 2.59 bits per heavy atom. The number of carboxylic acid groups (broad SMARTS) is 1. The molecule has 3 nitrogen and oxygen atoms in total. The molecule has 0 saturated carbocycles. The van der Waals surface area contributed by atoms with Gasteiger partial charge < -0.3 is 10.4 Å². The fraction of sp³-hybridized carbons (Fsp3) is 0.258. The molecule has 0 spiro atoms. The van der Waals surface area contributed by atoms with Gasteiger partial charge in [0.05, 0.1) is 5.56 Å². The summed E-state index contributed by atoms with van der Waals surface area (Å²) < 4.78 is 0. The summed E-state index contributed by atoms with van der Waals surface area (Å²) in [5.41, 5.74) is 6.70. The summed E-state index contributed by atoms with van der Waals surface area (Å²) in [4.78, 5) is 11.7. The molecule has 2 N–H and O–H groups in total. The lowest BCUT2D eigenvalue weighted by molar-refractivity contribution is 0.0696. The largest absolute Gasteiger partial charge is 0.478 e. The van der Waals surface area contributed by atoms with Crippen molar-refractivity contribution in [1.29, 1.82) is 0 Å². The van der Waals surface area contributed by atoms with E-state index in [2.05, 4.69) is 85.9 Å². The van der Waals surface area contributed by atoms with Crippen molar-refractivity contribution in [2.24, 2.45) is 5.92 Å². The van der Waals surface area contributed by atoms with E-state index < -0.39 is 5.97 Å². The van der Waals surface area contributed by atoms with E-state index in [1.54, 1.807) is 6.07 Å². The molecule has 1 aliphatic carbocycles. The standard InChI is InChI=1S/C31H31NO2/c1-20-14-15-25(31(33)34)18-29(20)30-17-22(16-24-9-4-6-12-28(24)30)19-32-21(2)26-13-7-10-23-8-3-5-11-27(23)26/h3-15,18,21-22,30,32H,16-17,19H2,1-2H3,(H,33,34). The monoisotopic (exact) mass is 449 g/mol. The van der Waals surface area contributed by atoms with Crippen LogP contribution in [0.15, 0.2) is 84.9 Å². The van der Waals surface area contributed by atoms with Crippen LogP contribution in [0.3, 0.4) is 0 Å². The number of aromatic carboxylic acids is 1. The van der Waals surface area contributed by atoms with Crippen LogP contribution in [0.5, 0.6) is 0 Å². The van der Waals surface area contributed by atoms with Crippen LogP contribution in [0.2, 0.25) is 0 Å². The second-order valence-electron chi connectivity index (χ2n) is 9.63. The van der Waals surface area contributed by atoms with Gasteiger partial charge in [0.2, 0.25) is 0 Å². The van der Waals surface area contributed by atoms with Crippen LogP contribution in [0, 0.1) is 12.8 Å². The Balaban J connectivity index is 1.40. The van der Waals surface area contributed by atoms with E-state index in [1.807, 2.05) is 12.1 Å². The number of benzene rings is 4. The highest BCUT2D eigenvalue weighted by Crippen LogP contribution is 2.40. The molecule has 34 heavy (non-hydrogen) atoms. The Hall–Kier alpha value is -3.43. The second-order valence-corrected chi connectivity index (χ2v) is 9.63. The van der Waals surface area contributed by atoms with E-state index in [-0.39, 0.29) is 12.0 Å². The fourth-order valence-electron chi connectivity index (χ4n) is 5.60. The van der Waals surface area contributed by atoms with E-state index in [4.69, 9.17) is 0 Å². The van der Waals surface area contributed by atoms with Crippen molar-refractivity contribution in [3.8, 4) is 0 Å². The average molecular weight is 450 g/mol. The fourth-order valence-corrected chi connectivity index (χ4v) is 5.60. The molecule has 0 bridgehead atoms. The van der Waals surface area contributed by atoms with Gasteiger partial charge in [0, 0.05) is 12.0 Å². The van der Waals surface area contributed by atoms with Gasteiger partial charge in [-0.2, -0.15) is 0 Å². The predicted octanol–water partition coefficient (Wildman–Crippen LogP) is 6.89. The second kappa shape index (κ2) is 9.44. The first-order valence-electron chi connectivity index (χ1n) is 12.1. The molecule has 0 amide bonds. The summed E-state index contributed by atoms with van der Waals surface area (Å²) in [6.45, 7) is 5.26. The van der Waals surface area contributed by atoms with E-state index >= 15 is 0 Å².